The van der Waals surface area contributed by atoms with Crippen LogP contribution in [0.5, 0.6) is 0 Å². The van der Waals surface area contributed by atoms with Crippen LogP contribution in [-0.2, 0) is 9.63 Å². The molecular formula is C23H23NO4. The molecule has 3 aromatic rings. The first-order valence-corrected chi connectivity index (χ1v) is 9.38. The number of amides is 1. The van der Waals surface area contributed by atoms with E-state index in [1.165, 1.54) is 0 Å². The second kappa shape index (κ2) is 9.55. The molecule has 0 atom stereocenters. The molecule has 1 amide bonds. The van der Waals surface area contributed by atoms with Gasteiger partial charge < -0.3 is 9.25 Å². The van der Waals surface area contributed by atoms with E-state index in [1.54, 1.807) is 12.1 Å². The lowest BCUT2D eigenvalue weighted by Crippen LogP contribution is -2.26. The van der Waals surface area contributed by atoms with Crippen molar-refractivity contribution in [2.24, 2.45) is 0 Å². The Morgan fingerprint density at radius 3 is 2.11 bits per heavy atom. The Labute approximate surface area is 164 Å². The highest BCUT2D eigenvalue weighted by Gasteiger charge is 2.22. The number of carbonyl (C=O) groups is 2. The fourth-order valence-electron chi connectivity index (χ4n) is 2.97. The molecule has 0 unspecified atom stereocenters. The van der Waals surface area contributed by atoms with E-state index < -0.39 is 11.9 Å². The molecule has 5 heteroatoms. The molecule has 28 heavy (non-hydrogen) atoms. The van der Waals surface area contributed by atoms with Crippen LogP contribution < -0.4 is 5.48 Å². The maximum Gasteiger partial charge on any atom is 0.332 e. The van der Waals surface area contributed by atoms with Gasteiger partial charge in [-0.25, -0.2) is 4.79 Å². The molecule has 0 bridgehead atoms. The Kier molecular flexibility index (Phi) is 6.63. The van der Waals surface area contributed by atoms with Gasteiger partial charge in [0, 0.05) is 6.42 Å². The van der Waals surface area contributed by atoms with Crippen molar-refractivity contribution in [3.05, 3.63) is 95.4 Å². The van der Waals surface area contributed by atoms with E-state index >= 15 is 0 Å². The molecule has 0 saturated carbocycles. The van der Waals surface area contributed by atoms with Gasteiger partial charge in [0.2, 0.25) is 0 Å². The second-order valence-electron chi connectivity index (χ2n) is 6.47. The van der Waals surface area contributed by atoms with Gasteiger partial charge in [0.25, 0.3) is 0 Å². The Morgan fingerprint density at radius 1 is 0.929 bits per heavy atom. The molecule has 144 valence electrons. The smallest absolute Gasteiger partial charge is 0.332 e. The van der Waals surface area contributed by atoms with Gasteiger partial charge in [0.1, 0.15) is 5.76 Å². The minimum Gasteiger partial charge on any atom is -0.455 e. The molecule has 0 aliphatic rings. The summed E-state index contributed by atoms with van der Waals surface area (Å²) < 4.78 is 5.83. The minimum atomic E-state index is -0.587. The van der Waals surface area contributed by atoms with Gasteiger partial charge in [0.15, 0.2) is 5.76 Å². The average Bonchev–Trinajstić information content (AvgIpc) is 3.22. The average molecular weight is 377 g/mol. The number of rotatable bonds is 7. The van der Waals surface area contributed by atoms with Crippen LogP contribution in [0.1, 0.15) is 59.5 Å². The first-order valence-electron chi connectivity index (χ1n) is 9.38. The third kappa shape index (κ3) is 4.88. The van der Waals surface area contributed by atoms with Crippen molar-refractivity contribution in [1.29, 1.82) is 0 Å². The van der Waals surface area contributed by atoms with E-state index in [0.717, 1.165) is 24.0 Å². The number of carbonyl (C=O) groups excluding carboxylic acids is 2. The van der Waals surface area contributed by atoms with Gasteiger partial charge in [-0.05, 0) is 29.7 Å². The van der Waals surface area contributed by atoms with Crippen LogP contribution in [0, 0.1) is 0 Å². The molecule has 0 fully saturated rings. The first kappa shape index (κ1) is 19.4. The highest BCUT2D eigenvalue weighted by Crippen LogP contribution is 2.32. The molecule has 1 aromatic heterocycles. The maximum atomic E-state index is 12.2. The molecule has 1 heterocycles. The molecule has 1 N–H and O–H groups in total. The predicted octanol–water partition coefficient (Wildman–Crippen LogP) is 4.84. The van der Waals surface area contributed by atoms with Crippen molar-refractivity contribution < 1.29 is 18.8 Å². The van der Waals surface area contributed by atoms with Crippen molar-refractivity contribution in [2.75, 3.05) is 0 Å². The molecule has 0 spiro atoms. The molecular weight excluding hydrogens is 354 g/mol. The Morgan fingerprint density at radius 2 is 1.54 bits per heavy atom. The summed E-state index contributed by atoms with van der Waals surface area (Å²) in [7, 11) is 0. The molecule has 0 saturated heterocycles. The molecule has 0 radical (unpaired) electrons. The minimum absolute atomic E-state index is 0.0927. The quantitative estimate of drug-likeness (QED) is 0.598. The summed E-state index contributed by atoms with van der Waals surface area (Å²) in [4.78, 5) is 28.6. The van der Waals surface area contributed by atoms with Crippen molar-refractivity contribution in [2.45, 2.75) is 32.1 Å². The lowest BCUT2D eigenvalue weighted by atomic mass is 9.89. The normalized spacial score (nSPS) is 10.6. The van der Waals surface area contributed by atoms with Gasteiger partial charge in [-0.2, -0.15) is 5.48 Å². The number of hydrogen-bond donors (Lipinski definition) is 1. The highest BCUT2D eigenvalue weighted by molar-refractivity contribution is 5.91. The number of furan rings is 1. The summed E-state index contributed by atoms with van der Waals surface area (Å²) in [5.74, 6) is -0.463. The third-order valence-electron chi connectivity index (χ3n) is 4.39. The number of unbranched alkanes of at least 4 members (excludes halogenated alkanes) is 1. The van der Waals surface area contributed by atoms with Crippen LogP contribution in [0.15, 0.2) is 77.2 Å². The van der Waals surface area contributed by atoms with Crippen LogP contribution in [0.4, 0.5) is 0 Å². The van der Waals surface area contributed by atoms with Crippen LogP contribution in [0.2, 0.25) is 0 Å². The van der Waals surface area contributed by atoms with Gasteiger partial charge >= 0.3 is 11.9 Å². The van der Waals surface area contributed by atoms with Crippen LogP contribution in [-0.4, -0.2) is 11.9 Å². The Balaban J connectivity index is 1.78. The number of hydrogen-bond acceptors (Lipinski definition) is 4. The highest BCUT2D eigenvalue weighted by atomic mass is 16.7. The Hall–Kier alpha value is -3.34. The first-order chi connectivity index (χ1) is 13.7. The third-order valence-corrected chi connectivity index (χ3v) is 4.39. The zero-order valence-corrected chi connectivity index (χ0v) is 15.8. The molecule has 5 nitrogen and oxygen atoms in total. The maximum absolute atomic E-state index is 12.2. The molecule has 0 aliphatic heterocycles. The molecule has 2 aromatic carbocycles. The lowest BCUT2D eigenvalue weighted by molar-refractivity contribution is -0.149. The molecule has 0 aliphatic carbocycles. The second-order valence-corrected chi connectivity index (χ2v) is 6.47. The van der Waals surface area contributed by atoms with E-state index in [9.17, 15) is 9.59 Å². The largest absolute Gasteiger partial charge is 0.455 e. The predicted molar refractivity (Wildman–Crippen MR) is 106 cm³/mol. The number of hydroxylamine groups is 1. The van der Waals surface area contributed by atoms with E-state index in [-0.39, 0.29) is 18.1 Å². The lowest BCUT2D eigenvalue weighted by Gasteiger charge is -2.15. The molecule has 3 rings (SSSR count). The van der Waals surface area contributed by atoms with Gasteiger partial charge in [-0.15, -0.1) is 0 Å². The monoisotopic (exact) mass is 377 g/mol. The van der Waals surface area contributed by atoms with E-state index in [4.69, 9.17) is 9.25 Å². The van der Waals surface area contributed by atoms with Crippen molar-refractivity contribution >= 4 is 11.9 Å². The zero-order chi connectivity index (χ0) is 19.8. The fraction of sp³-hybridized carbons (Fsp3) is 0.217. The Bertz CT molecular complexity index is 863. The summed E-state index contributed by atoms with van der Waals surface area (Å²) in [5.41, 5.74) is 4.27. The number of nitrogens with one attached hydrogen (secondary N) is 1. The standard InChI is InChI=1S/C23H23NO4/c1-2-3-14-21(25)28-24-23(26)20-16-15-19(27-20)22(17-10-6-4-7-11-17)18-12-8-5-9-13-18/h4-13,15-16,22H,2-3,14H2,1H3,(H,24,26). The van der Waals surface area contributed by atoms with E-state index in [0.29, 0.717) is 5.76 Å². The summed E-state index contributed by atoms with van der Waals surface area (Å²) >= 11 is 0. The van der Waals surface area contributed by atoms with Gasteiger partial charge in [0.05, 0.1) is 5.92 Å². The van der Waals surface area contributed by atoms with Crippen LogP contribution >= 0.6 is 0 Å². The fourth-order valence-corrected chi connectivity index (χ4v) is 2.97. The SMILES string of the molecule is CCCCC(=O)ONC(=O)c1ccc(C(c2ccccc2)c2ccccc2)o1. The van der Waals surface area contributed by atoms with Crippen molar-refractivity contribution in [3.8, 4) is 0 Å². The summed E-state index contributed by atoms with van der Waals surface area (Å²) in [6.07, 6.45) is 1.87. The van der Waals surface area contributed by atoms with Crippen LogP contribution in [0.25, 0.3) is 0 Å². The van der Waals surface area contributed by atoms with Crippen LogP contribution in [0.3, 0.4) is 0 Å². The van der Waals surface area contributed by atoms with Gasteiger partial charge in [-0.3, -0.25) is 4.79 Å². The summed E-state index contributed by atoms with van der Waals surface area (Å²) in [6.45, 7) is 1.98. The zero-order valence-electron chi connectivity index (χ0n) is 15.8. The number of benzene rings is 2. The van der Waals surface area contributed by atoms with Crippen molar-refractivity contribution in [1.82, 2.24) is 5.48 Å². The van der Waals surface area contributed by atoms with Gasteiger partial charge in [-0.1, -0.05) is 74.0 Å². The summed E-state index contributed by atoms with van der Waals surface area (Å²) in [5, 5.41) is 0. The summed E-state index contributed by atoms with van der Waals surface area (Å²) in [6, 6.07) is 23.3. The topological polar surface area (TPSA) is 68.5 Å². The van der Waals surface area contributed by atoms with E-state index in [1.807, 2.05) is 67.6 Å². The van der Waals surface area contributed by atoms with Crippen molar-refractivity contribution in [3.63, 3.8) is 0 Å². The van der Waals surface area contributed by atoms with E-state index in [2.05, 4.69) is 5.48 Å².